The highest BCUT2D eigenvalue weighted by atomic mass is 16.5. The molecule has 2 fully saturated rings. The van der Waals surface area contributed by atoms with Gasteiger partial charge in [0, 0.05) is 38.3 Å². The lowest BCUT2D eigenvalue weighted by Crippen LogP contribution is -2.54. The number of ether oxygens (including phenoxy) is 1. The SMILES string of the molecule is CCNC1(C(=O)OC)CCC(N2CCN(C(C)C)CC2)C1. The van der Waals surface area contributed by atoms with Crippen LogP contribution in [0.5, 0.6) is 0 Å². The van der Waals surface area contributed by atoms with Gasteiger partial charge in [0.2, 0.25) is 0 Å². The van der Waals surface area contributed by atoms with E-state index in [1.54, 1.807) is 0 Å². The zero-order valence-corrected chi connectivity index (χ0v) is 14.0. The monoisotopic (exact) mass is 297 g/mol. The molecule has 0 aromatic heterocycles. The molecule has 21 heavy (non-hydrogen) atoms. The summed E-state index contributed by atoms with van der Waals surface area (Å²) in [5, 5.41) is 3.39. The number of methoxy groups -OCH3 is 1. The molecule has 2 aliphatic rings. The van der Waals surface area contributed by atoms with E-state index in [1.165, 1.54) is 7.11 Å². The Morgan fingerprint density at radius 2 is 2.00 bits per heavy atom. The van der Waals surface area contributed by atoms with Crippen LogP contribution in [0.15, 0.2) is 0 Å². The molecule has 0 radical (unpaired) electrons. The topological polar surface area (TPSA) is 44.8 Å². The zero-order chi connectivity index (χ0) is 15.5. The molecule has 2 atom stereocenters. The van der Waals surface area contributed by atoms with Gasteiger partial charge in [0.25, 0.3) is 0 Å². The van der Waals surface area contributed by atoms with Gasteiger partial charge in [0.05, 0.1) is 7.11 Å². The third kappa shape index (κ3) is 3.58. The van der Waals surface area contributed by atoms with Crippen molar-refractivity contribution < 1.29 is 9.53 Å². The van der Waals surface area contributed by atoms with E-state index in [0.717, 1.165) is 52.0 Å². The van der Waals surface area contributed by atoms with Gasteiger partial charge in [-0.25, -0.2) is 0 Å². The van der Waals surface area contributed by atoms with Crippen molar-refractivity contribution >= 4 is 5.97 Å². The maximum Gasteiger partial charge on any atom is 0.326 e. The maximum atomic E-state index is 12.2. The Kier molecular flexibility index (Phi) is 5.63. The number of nitrogens with zero attached hydrogens (tertiary/aromatic N) is 2. The molecule has 5 nitrogen and oxygen atoms in total. The molecule has 1 heterocycles. The van der Waals surface area contributed by atoms with E-state index in [4.69, 9.17) is 4.74 Å². The molecule has 2 rings (SSSR count). The van der Waals surface area contributed by atoms with Crippen LogP contribution in [0.4, 0.5) is 0 Å². The highest BCUT2D eigenvalue weighted by Crippen LogP contribution is 2.34. The molecule has 1 aliphatic heterocycles. The molecule has 1 N–H and O–H groups in total. The molecule has 122 valence electrons. The molecule has 2 unspecified atom stereocenters. The van der Waals surface area contributed by atoms with Crippen molar-refractivity contribution in [2.24, 2.45) is 0 Å². The Hall–Kier alpha value is -0.650. The number of esters is 1. The summed E-state index contributed by atoms with van der Waals surface area (Å²) >= 11 is 0. The van der Waals surface area contributed by atoms with Crippen LogP contribution in [0.2, 0.25) is 0 Å². The second-order valence-corrected chi connectivity index (χ2v) is 6.67. The molecule has 0 bridgehead atoms. The van der Waals surface area contributed by atoms with Gasteiger partial charge in [-0.1, -0.05) is 6.92 Å². The first-order valence-electron chi connectivity index (χ1n) is 8.34. The van der Waals surface area contributed by atoms with Crippen molar-refractivity contribution in [3.63, 3.8) is 0 Å². The number of nitrogens with one attached hydrogen (secondary N) is 1. The Labute approximate surface area is 129 Å². The quantitative estimate of drug-likeness (QED) is 0.770. The summed E-state index contributed by atoms with van der Waals surface area (Å²) in [4.78, 5) is 17.3. The molecular weight excluding hydrogens is 266 g/mol. The fourth-order valence-corrected chi connectivity index (χ4v) is 3.90. The summed E-state index contributed by atoms with van der Waals surface area (Å²) in [6.07, 6.45) is 2.86. The van der Waals surface area contributed by atoms with E-state index >= 15 is 0 Å². The van der Waals surface area contributed by atoms with E-state index in [1.807, 2.05) is 0 Å². The van der Waals surface area contributed by atoms with E-state index in [0.29, 0.717) is 12.1 Å². The van der Waals surface area contributed by atoms with Crippen molar-refractivity contribution in [1.82, 2.24) is 15.1 Å². The fourth-order valence-electron chi connectivity index (χ4n) is 3.90. The number of rotatable bonds is 5. The minimum Gasteiger partial charge on any atom is -0.468 e. The number of carbonyl (C=O) groups is 1. The van der Waals surface area contributed by atoms with Crippen molar-refractivity contribution in [2.75, 3.05) is 39.8 Å². The lowest BCUT2D eigenvalue weighted by atomic mass is 9.97. The number of hydrogen-bond acceptors (Lipinski definition) is 5. The first kappa shape index (κ1) is 16.7. The molecule has 0 spiro atoms. The van der Waals surface area contributed by atoms with Gasteiger partial charge < -0.3 is 10.1 Å². The lowest BCUT2D eigenvalue weighted by molar-refractivity contribution is -0.148. The number of likely N-dealkylation sites (N-methyl/N-ethyl adjacent to an activating group) is 1. The third-order valence-electron chi connectivity index (χ3n) is 5.18. The minimum absolute atomic E-state index is 0.0901. The zero-order valence-electron chi connectivity index (χ0n) is 14.0. The van der Waals surface area contributed by atoms with Crippen molar-refractivity contribution in [2.45, 2.75) is 57.7 Å². The Morgan fingerprint density at radius 1 is 1.33 bits per heavy atom. The molecular formula is C16H31N3O2. The second kappa shape index (κ2) is 7.07. The Morgan fingerprint density at radius 3 is 2.52 bits per heavy atom. The van der Waals surface area contributed by atoms with Gasteiger partial charge in [-0.3, -0.25) is 14.6 Å². The summed E-state index contributed by atoms with van der Waals surface area (Å²) in [6, 6.07) is 1.14. The van der Waals surface area contributed by atoms with Gasteiger partial charge in [-0.15, -0.1) is 0 Å². The van der Waals surface area contributed by atoms with Gasteiger partial charge in [-0.2, -0.15) is 0 Å². The van der Waals surface area contributed by atoms with E-state index in [2.05, 4.69) is 35.9 Å². The van der Waals surface area contributed by atoms with Crippen LogP contribution >= 0.6 is 0 Å². The van der Waals surface area contributed by atoms with Crippen LogP contribution in [-0.2, 0) is 9.53 Å². The van der Waals surface area contributed by atoms with Crippen molar-refractivity contribution in [3.05, 3.63) is 0 Å². The van der Waals surface area contributed by atoms with E-state index < -0.39 is 5.54 Å². The average molecular weight is 297 g/mol. The molecule has 1 saturated heterocycles. The van der Waals surface area contributed by atoms with Crippen LogP contribution in [0.3, 0.4) is 0 Å². The summed E-state index contributed by atoms with van der Waals surface area (Å²) in [6.45, 7) is 11.9. The van der Waals surface area contributed by atoms with E-state index in [9.17, 15) is 4.79 Å². The largest absolute Gasteiger partial charge is 0.468 e. The first-order valence-corrected chi connectivity index (χ1v) is 8.34. The van der Waals surface area contributed by atoms with Crippen LogP contribution in [0, 0.1) is 0 Å². The predicted octanol–water partition coefficient (Wildman–Crippen LogP) is 1.09. The Bertz CT molecular complexity index is 353. The highest BCUT2D eigenvalue weighted by Gasteiger charge is 2.47. The van der Waals surface area contributed by atoms with Crippen LogP contribution < -0.4 is 5.32 Å². The minimum atomic E-state index is -0.455. The molecule has 0 aromatic carbocycles. The summed E-state index contributed by atoms with van der Waals surface area (Å²) in [5.41, 5.74) is -0.455. The Balaban J connectivity index is 1.94. The molecule has 5 heteroatoms. The summed E-state index contributed by atoms with van der Waals surface area (Å²) in [7, 11) is 1.50. The van der Waals surface area contributed by atoms with Crippen LogP contribution in [0.25, 0.3) is 0 Å². The first-order chi connectivity index (χ1) is 10.0. The van der Waals surface area contributed by atoms with Gasteiger partial charge in [0.15, 0.2) is 0 Å². The number of hydrogen-bond donors (Lipinski definition) is 1. The van der Waals surface area contributed by atoms with Crippen LogP contribution in [0.1, 0.15) is 40.0 Å². The fraction of sp³-hybridized carbons (Fsp3) is 0.938. The number of carbonyl (C=O) groups excluding carboxylic acids is 1. The number of piperazine rings is 1. The molecule has 0 aromatic rings. The molecule has 1 saturated carbocycles. The average Bonchev–Trinajstić information content (AvgIpc) is 2.92. The second-order valence-electron chi connectivity index (χ2n) is 6.67. The highest BCUT2D eigenvalue weighted by molar-refractivity contribution is 5.81. The molecule has 0 amide bonds. The smallest absolute Gasteiger partial charge is 0.326 e. The molecule has 1 aliphatic carbocycles. The van der Waals surface area contributed by atoms with Gasteiger partial charge in [0.1, 0.15) is 5.54 Å². The normalized spacial score (nSPS) is 31.8. The standard InChI is InChI=1S/C16H31N3O2/c1-5-17-16(15(20)21-4)7-6-14(12-16)19-10-8-18(9-11-19)13(2)3/h13-14,17H,5-12H2,1-4H3. The van der Waals surface area contributed by atoms with Crippen molar-refractivity contribution in [1.29, 1.82) is 0 Å². The van der Waals surface area contributed by atoms with Crippen molar-refractivity contribution in [3.8, 4) is 0 Å². The van der Waals surface area contributed by atoms with Crippen LogP contribution in [-0.4, -0.2) is 73.2 Å². The van der Waals surface area contributed by atoms with Gasteiger partial charge >= 0.3 is 5.97 Å². The summed E-state index contributed by atoms with van der Waals surface area (Å²) < 4.78 is 5.05. The predicted molar refractivity (Wildman–Crippen MR) is 84.3 cm³/mol. The maximum absolute atomic E-state index is 12.2. The summed E-state index contributed by atoms with van der Waals surface area (Å²) in [5.74, 6) is -0.0901. The van der Waals surface area contributed by atoms with E-state index in [-0.39, 0.29) is 5.97 Å². The van der Waals surface area contributed by atoms with Gasteiger partial charge in [-0.05, 0) is 39.7 Å². The lowest BCUT2D eigenvalue weighted by Gasteiger charge is -2.40. The third-order valence-corrected chi connectivity index (χ3v) is 5.18.